The molecule has 0 spiro atoms. The van der Waals surface area contributed by atoms with Gasteiger partial charge in [0.25, 0.3) is 0 Å². The normalized spacial score (nSPS) is 51.4. The zero-order chi connectivity index (χ0) is 17.8. The number of aliphatic hydroxyl groups is 3. The van der Waals surface area contributed by atoms with Crippen molar-refractivity contribution in [2.45, 2.75) is 71.2 Å². The van der Waals surface area contributed by atoms with E-state index in [2.05, 4.69) is 13.5 Å². The summed E-state index contributed by atoms with van der Waals surface area (Å²) in [6, 6.07) is 0. The number of carbonyl (C=O) groups excluding carboxylic acids is 1. The molecule has 3 saturated carbocycles. The van der Waals surface area contributed by atoms with Gasteiger partial charge in [0, 0.05) is 5.92 Å². The molecule has 0 aromatic heterocycles. The van der Waals surface area contributed by atoms with Crippen molar-refractivity contribution in [2.24, 2.45) is 35.0 Å². The van der Waals surface area contributed by atoms with Crippen LogP contribution in [0.25, 0.3) is 0 Å². The molecule has 0 aromatic rings. The number of ketones is 1. The fourth-order valence-electron chi connectivity index (χ4n) is 6.50. The summed E-state index contributed by atoms with van der Waals surface area (Å²) in [7, 11) is 0. The molecule has 0 heterocycles. The Morgan fingerprint density at radius 1 is 1.04 bits per heavy atom. The van der Waals surface area contributed by atoms with E-state index < -0.39 is 23.7 Å². The SMILES string of the molecule is C=C(C)C1CCC2C3CCCC(C)C3C(O)C(O)C2(C(C)=O)C1O. The van der Waals surface area contributed by atoms with E-state index in [0.29, 0.717) is 5.92 Å². The molecule has 24 heavy (non-hydrogen) atoms. The summed E-state index contributed by atoms with van der Waals surface area (Å²) >= 11 is 0. The Bertz CT molecular complexity index is 530. The molecule has 3 N–H and O–H groups in total. The lowest BCUT2D eigenvalue weighted by Gasteiger charge is -2.62. The van der Waals surface area contributed by atoms with E-state index in [-0.39, 0.29) is 29.5 Å². The average Bonchev–Trinajstić information content (AvgIpc) is 2.51. The topological polar surface area (TPSA) is 77.8 Å². The molecule has 0 amide bonds. The van der Waals surface area contributed by atoms with E-state index in [1.165, 1.54) is 6.92 Å². The highest BCUT2D eigenvalue weighted by Crippen LogP contribution is 2.60. The molecule has 3 aliphatic rings. The standard InChI is InChI=1S/C20H32O4/c1-10(2)13-8-9-15-14-7-5-6-11(3)16(14)17(22)19(24)20(15,12(4)21)18(13)23/h11,13-19,22-24H,1,5-9H2,2-4H3. The number of rotatable bonds is 2. The van der Waals surface area contributed by atoms with E-state index in [1.54, 1.807) is 0 Å². The first kappa shape index (κ1) is 18.1. The first-order valence-electron chi connectivity index (χ1n) is 9.45. The third-order valence-corrected chi connectivity index (χ3v) is 7.59. The van der Waals surface area contributed by atoms with E-state index in [0.717, 1.165) is 37.7 Å². The molecule has 3 fully saturated rings. The van der Waals surface area contributed by atoms with Gasteiger partial charge in [-0.05, 0) is 56.8 Å². The van der Waals surface area contributed by atoms with Crippen molar-refractivity contribution < 1.29 is 20.1 Å². The van der Waals surface area contributed by atoms with Crippen molar-refractivity contribution in [3.8, 4) is 0 Å². The number of carbonyl (C=O) groups is 1. The second-order valence-corrected chi connectivity index (χ2v) is 8.66. The van der Waals surface area contributed by atoms with Gasteiger partial charge in [0.05, 0.1) is 23.7 Å². The second-order valence-electron chi connectivity index (χ2n) is 8.66. The van der Waals surface area contributed by atoms with Crippen LogP contribution in [0.15, 0.2) is 12.2 Å². The molecule has 0 radical (unpaired) electrons. The maximum Gasteiger partial charge on any atom is 0.141 e. The molecule has 0 bridgehead atoms. The number of aliphatic hydroxyl groups excluding tert-OH is 3. The van der Waals surface area contributed by atoms with Crippen LogP contribution in [0.3, 0.4) is 0 Å². The van der Waals surface area contributed by atoms with Crippen LogP contribution in [0.5, 0.6) is 0 Å². The van der Waals surface area contributed by atoms with Gasteiger partial charge in [-0.3, -0.25) is 4.79 Å². The van der Waals surface area contributed by atoms with Crippen LogP contribution in [0.4, 0.5) is 0 Å². The predicted octanol–water partition coefficient (Wildman–Crippen LogP) is 2.31. The highest BCUT2D eigenvalue weighted by Gasteiger charge is 2.67. The van der Waals surface area contributed by atoms with Crippen LogP contribution in [0, 0.1) is 35.0 Å². The van der Waals surface area contributed by atoms with Gasteiger partial charge in [0.2, 0.25) is 0 Å². The maximum absolute atomic E-state index is 12.8. The molecule has 0 aromatic carbocycles. The summed E-state index contributed by atoms with van der Waals surface area (Å²) in [5.74, 6) is 0.149. The fourth-order valence-corrected chi connectivity index (χ4v) is 6.50. The summed E-state index contributed by atoms with van der Waals surface area (Å²) in [6.45, 7) is 9.47. The molecule has 136 valence electrons. The van der Waals surface area contributed by atoms with Crippen molar-refractivity contribution in [1.29, 1.82) is 0 Å². The summed E-state index contributed by atoms with van der Waals surface area (Å²) in [4.78, 5) is 12.8. The lowest BCUT2D eigenvalue weighted by atomic mass is 9.44. The molecular weight excluding hydrogens is 304 g/mol. The molecule has 0 aliphatic heterocycles. The zero-order valence-corrected chi connectivity index (χ0v) is 15.1. The maximum atomic E-state index is 12.8. The van der Waals surface area contributed by atoms with Crippen LogP contribution in [-0.4, -0.2) is 39.4 Å². The summed E-state index contributed by atoms with van der Waals surface area (Å²) in [6.07, 6.45) is 1.64. The highest BCUT2D eigenvalue weighted by atomic mass is 16.3. The molecule has 9 atom stereocenters. The predicted molar refractivity (Wildman–Crippen MR) is 92.2 cm³/mol. The van der Waals surface area contributed by atoms with Gasteiger partial charge in [-0.1, -0.05) is 31.9 Å². The number of hydrogen-bond donors (Lipinski definition) is 3. The smallest absolute Gasteiger partial charge is 0.141 e. The molecular formula is C20H32O4. The van der Waals surface area contributed by atoms with Crippen molar-refractivity contribution in [3.63, 3.8) is 0 Å². The Morgan fingerprint density at radius 3 is 2.29 bits per heavy atom. The van der Waals surface area contributed by atoms with Crippen LogP contribution >= 0.6 is 0 Å². The zero-order valence-electron chi connectivity index (χ0n) is 15.1. The summed E-state index contributed by atoms with van der Waals surface area (Å²) in [5, 5.41) is 33.1. The minimum absolute atomic E-state index is 0.0276. The van der Waals surface area contributed by atoms with E-state index in [4.69, 9.17) is 0 Å². The second kappa shape index (κ2) is 6.22. The van der Waals surface area contributed by atoms with Crippen molar-refractivity contribution >= 4 is 5.78 Å². The van der Waals surface area contributed by atoms with Gasteiger partial charge in [-0.15, -0.1) is 0 Å². The largest absolute Gasteiger partial charge is 0.391 e. The fraction of sp³-hybridized carbons (Fsp3) is 0.850. The minimum Gasteiger partial charge on any atom is -0.391 e. The Morgan fingerprint density at radius 2 is 1.71 bits per heavy atom. The number of fused-ring (bicyclic) bond motifs is 3. The number of Topliss-reactive ketones (excluding diaryl/α,β-unsaturated/α-hetero) is 1. The first-order chi connectivity index (χ1) is 11.2. The van der Waals surface area contributed by atoms with Crippen LogP contribution in [0.2, 0.25) is 0 Å². The van der Waals surface area contributed by atoms with Gasteiger partial charge >= 0.3 is 0 Å². The van der Waals surface area contributed by atoms with Gasteiger partial charge < -0.3 is 15.3 Å². The quantitative estimate of drug-likeness (QED) is 0.676. The molecule has 9 unspecified atom stereocenters. The van der Waals surface area contributed by atoms with Crippen LogP contribution in [0.1, 0.15) is 52.9 Å². The highest BCUT2D eigenvalue weighted by molar-refractivity contribution is 5.85. The summed E-state index contributed by atoms with van der Waals surface area (Å²) in [5.41, 5.74) is -0.401. The van der Waals surface area contributed by atoms with Crippen molar-refractivity contribution in [2.75, 3.05) is 0 Å². The Hall–Kier alpha value is -0.710. The third-order valence-electron chi connectivity index (χ3n) is 7.59. The first-order valence-corrected chi connectivity index (χ1v) is 9.45. The van der Waals surface area contributed by atoms with Gasteiger partial charge in [0.1, 0.15) is 5.78 Å². The lowest BCUT2D eigenvalue weighted by molar-refractivity contribution is -0.239. The van der Waals surface area contributed by atoms with Gasteiger partial charge in [-0.2, -0.15) is 0 Å². The Kier molecular flexibility index (Phi) is 4.69. The van der Waals surface area contributed by atoms with E-state index >= 15 is 0 Å². The van der Waals surface area contributed by atoms with Crippen molar-refractivity contribution in [3.05, 3.63) is 12.2 Å². The average molecular weight is 336 g/mol. The van der Waals surface area contributed by atoms with Gasteiger partial charge in [0.15, 0.2) is 0 Å². The number of hydrogen-bond acceptors (Lipinski definition) is 4. The molecule has 4 heteroatoms. The van der Waals surface area contributed by atoms with E-state index in [1.807, 2.05) is 6.92 Å². The Balaban J connectivity index is 2.10. The molecule has 4 nitrogen and oxygen atoms in total. The third kappa shape index (κ3) is 2.26. The van der Waals surface area contributed by atoms with E-state index in [9.17, 15) is 20.1 Å². The van der Waals surface area contributed by atoms with Crippen LogP contribution < -0.4 is 0 Å². The van der Waals surface area contributed by atoms with Crippen LogP contribution in [-0.2, 0) is 4.79 Å². The Labute approximate surface area is 145 Å². The monoisotopic (exact) mass is 336 g/mol. The summed E-state index contributed by atoms with van der Waals surface area (Å²) < 4.78 is 0. The van der Waals surface area contributed by atoms with Crippen molar-refractivity contribution in [1.82, 2.24) is 0 Å². The lowest BCUT2D eigenvalue weighted by Crippen LogP contribution is -2.70. The molecule has 3 rings (SSSR count). The molecule has 3 aliphatic carbocycles. The molecule has 0 saturated heterocycles. The van der Waals surface area contributed by atoms with Gasteiger partial charge in [-0.25, -0.2) is 0 Å². The minimum atomic E-state index is -1.25.